The van der Waals surface area contributed by atoms with E-state index < -0.39 is 6.04 Å². The van der Waals surface area contributed by atoms with Crippen molar-refractivity contribution in [3.8, 4) is 0 Å². The molecule has 134 valence electrons. The van der Waals surface area contributed by atoms with Gasteiger partial charge in [0, 0.05) is 13.5 Å². The van der Waals surface area contributed by atoms with E-state index in [9.17, 15) is 9.59 Å². The van der Waals surface area contributed by atoms with Crippen LogP contribution < -0.4 is 10.6 Å². The first-order valence-electron chi connectivity index (χ1n) is 8.53. The molecule has 0 unspecified atom stereocenters. The number of allylic oxidation sites excluding steroid dienone is 5. The van der Waals surface area contributed by atoms with Gasteiger partial charge in [-0.3, -0.25) is 9.59 Å². The molecule has 0 saturated heterocycles. The molecule has 0 fully saturated rings. The fourth-order valence-electron chi connectivity index (χ4n) is 2.37. The molecule has 0 aliphatic carbocycles. The Morgan fingerprint density at radius 3 is 2.33 bits per heavy atom. The molecule has 0 saturated carbocycles. The highest BCUT2D eigenvalue weighted by molar-refractivity contribution is 5.88. The second-order valence-corrected chi connectivity index (χ2v) is 5.99. The Bertz CT molecular complexity index is 514. The summed E-state index contributed by atoms with van der Waals surface area (Å²) in [7, 11) is 1.58. The van der Waals surface area contributed by atoms with Crippen LogP contribution in [0.1, 0.15) is 47.0 Å². The van der Waals surface area contributed by atoms with E-state index in [2.05, 4.69) is 23.3 Å². The number of hydrogen-bond donors (Lipinski definition) is 2. The van der Waals surface area contributed by atoms with Crippen LogP contribution in [0.3, 0.4) is 0 Å². The van der Waals surface area contributed by atoms with E-state index in [0.29, 0.717) is 12.3 Å². The average Bonchev–Trinajstić information content (AvgIpc) is 2.52. The topological polar surface area (TPSA) is 58.2 Å². The smallest absolute Gasteiger partial charge is 0.242 e. The molecule has 1 atom stereocenters. The average molecular weight is 332 g/mol. The van der Waals surface area contributed by atoms with Crippen LogP contribution in [0, 0.1) is 5.92 Å². The van der Waals surface area contributed by atoms with Crippen LogP contribution in [0.4, 0.5) is 0 Å². The molecular weight excluding hydrogens is 300 g/mol. The quantitative estimate of drug-likeness (QED) is 0.600. The molecule has 2 N–H and O–H groups in total. The van der Waals surface area contributed by atoms with E-state index in [1.807, 2.05) is 45.9 Å². The van der Waals surface area contributed by atoms with Crippen LogP contribution in [0.5, 0.6) is 0 Å². The van der Waals surface area contributed by atoms with Crippen LogP contribution in [-0.4, -0.2) is 24.9 Å². The molecule has 0 aromatic rings. The monoisotopic (exact) mass is 332 g/mol. The molecule has 4 heteroatoms. The van der Waals surface area contributed by atoms with Crippen LogP contribution in [-0.2, 0) is 9.59 Å². The third-order valence-corrected chi connectivity index (χ3v) is 3.36. The summed E-state index contributed by atoms with van der Waals surface area (Å²) in [5.74, 6) is -0.0242. The van der Waals surface area contributed by atoms with E-state index in [0.717, 1.165) is 17.6 Å². The largest absolute Gasteiger partial charge is 0.357 e. The van der Waals surface area contributed by atoms with E-state index >= 15 is 0 Å². The van der Waals surface area contributed by atoms with Crippen molar-refractivity contribution in [2.45, 2.75) is 53.0 Å². The van der Waals surface area contributed by atoms with Crippen molar-refractivity contribution in [3.63, 3.8) is 0 Å². The lowest BCUT2D eigenvalue weighted by molar-refractivity contribution is -0.128. The Morgan fingerprint density at radius 1 is 1.21 bits per heavy atom. The van der Waals surface area contributed by atoms with Crippen molar-refractivity contribution in [2.24, 2.45) is 5.92 Å². The third-order valence-electron chi connectivity index (χ3n) is 3.36. The van der Waals surface area contributed by atoms with E-state index in [-0.39, 0.29) is 18.2 Å². The lowest BCUT2D eigenvalue weighted by atomic mass is 10.0. The standard InChI is InChI=1S/C20H32N2O2/c1-7-10-17(11-8-2)13-18(20(24)21-6)22-19(23)14-16(9-3)12-15(4)5/h7,9-12,15,18H,3,8,13-14H2,1-2,4-6H3,(H,21,24)(H,22,23)/b10-7-,16-12+,17-11+/t18-/m0/s1. The van der Waals surface area contributed by atoms with E-state index in [4.69, 9.17) is 0 Å². The number of carbonyl (C=O) groups is 2. The second kappa shape index (κ2) is 12.3. The second-order valence-electron chi connectivity index (χ2n) is 5.99. The summed E-state index contributed by atoms with van der Waals surface area (Å²) in [5, 5.41) is 5.46. The Kier molecular flexibility index (Phi) is 11.3. The summed E-state index contributed by atoms with van der Waals surface area (Å²) in [6.45, 7) is 11.8. The van der Waals surface area contributed by atoms with Gasteiger partial charge in [-0.15, -0.1) is 0 Å². The summed E-state index contributed by atoms with van der Waals surface area (Å²) < 4.78 is 0. The lowest BCUT2D eigenvalue weighted by Crippen LogP contribution is -2.45. The van der Waals surface area contributed by atoms with Gasteiger partial charge in [-0.1, -0.05) is 57.7 Å². The summed E-state index contributed by atoms with van der Waals surface area (Å²) in [6.07, 6.45) is 11.2. The fraction of sp³-hybridized carbons (Fsp3) is 0.500. The number of rotatable bonds is 10. The Labute approximate surface area is 146 Å². The summed E-state index contributed by atoms with van der Waals surface area (Å²) >= 11 is 0. The fourth-order valence-corrected chi connectivity index (χ4v) is 2.37. The molecule has 0 bridgehead atoms. The molecule has 0 radical (unpaired) electrons. The highest BCUT2D eigenvalue weighted by Crippen LogP contribution is 2.12. The molecule has 0 aliphatic rings. The minimum absolute atomic E-state index is 0.174. The predicted octanol–water partition coefficient (Wildman–Crippen LogP) is 3.68. The molecule has 0 rings (SSSR count). The van der Waals surface area contributed by atoms with Crippen LogP contribution in [0.15, 0.2) is 48.1 Å². The van der Waals surface area contributed by atoms with Gasteiger partial charge >= 0.3 is 0 Å². The van der Waals surface area contributed by atoms with Gasteiger partial charge < -0.3 is 10.6 Å². The first kappa shape index (κ1) is 21.9. The molecule has 4 nitrogen and oxygen atoms in total. The normalized spacial score (nSPS) is 13.9. The zero-order valence-electron chi connectivity index (χ0n) is 15.7. The van der Waals surface area contributed by atoms with Crippen molar-refractivity contribution in [2.75, 3.05) is 7.05 Å². The molecular formula is C20H32N2O2. The number of amides is 2. The van der Waals surface area contributed by atoms with Crippen molar-refractivity contribution in [1.29, 1.82) is 0 Å². The Morgan fingerprint density at radius 2 is 1.88 bits per heavy atom. The third kappa shape index (κ3) is 9.13. The molecule has 0 heterocycles. The van der Waals surface area contributed by atoms with Gasteiger partial charge in [0.05, 0.1) is 6.42 Å². The molecule has 0 aromatic carbocycles. The number of nitrogens with one attached hydrogen (secondary N) is 2. The number of carbonyl (C=O) groups excluding carboxylic acids is 2. The van der Waals surface area contributed by atoms with Crippen molar-refractivity contribution in [3.05, 3.63) is 48.1 Å². The zero-order valence-corrected chi connectivity index (χ0v) is 15.7. The Hall–Kier alpha value is -2.10. The summed E-state index contributed by atoms with van der Waals surface area (Å²) in [6, 6.07) is -0.582. The minimum atomic E-state index is -0.582. The van der Waals surface area contributed by atoms with Gasteiger partial charge in [0.25, 0.3) is 0 Å². The zero-order chi connectivity index (χ0) is 18.5. The lowest BCUT2D eigenvalue weighted by Gasteiger charge is -2.18. The van der Waals surface area contributed by atoms with Crippen molar-refractivity contribution < 1.29 is 9.59 Å². The first-order valence-corrected chi connectivity index (χ1v) is 8.53. The molecule has 0 spiro atoms. The maximum Gasteiger partial charge on any atom is 0.242 e. The van der Waals surface area contributed by atoms with Gasteiger partial charge in [0.1, 0.15) is 6.04 Å². The predicted molar refractivity (Wildman–Crippen MR) is 102 cm³/mol. The highest BCUT2D eigenvalue weighted by atomic mass is 16.2. The van der Waals surface area contributed by atoms with Crippen molar-refractivity contribution in [1.82, 2.24) is 10.6 Å². The van der Waals surface area contributed by atoms with Gasteiger partial charge in [0.15, 0.2) is 0 Å². The molecule has 24 heavy (non-hydrogen) atoms. The van der Waals surface area contributed by atoms with Gasteiger partial charge in [-0.05, 0) is 30.4 Å². The van der Waals surface area contributed by atoms with Crippen molar-refractivity contribution >= 4 is 11.8 Å². The van der Waals surface area contributed by atoms with Crippen LogP contribution in [0.25, 0.3) is 0 Å². The number of likely N-dealkylation sites (N-methyl/N-ethyl adjacent to an activating group) is 1. The molecule has 0 aliphatic heterocycles. The Balaban J connectivity index is 5.08. The first-order chi connectivity index (χ1) is 11.4. The SMILES string of the molecule is C=C/C(=C\C(C)C)CC(=O)N[C@@H](CC(/C=C\C)=C/CC)C(=O)NC. The number of hydrogen-bond acceptors (Lipinski definition) is 2. The maximum atomic E-state index is 12.3. The van der Waals surface area contributed by atoms with Gasteiger partial charge in [0.2, 0.25) is 11.8 Å². The van der Waals surface area contributed by atoms with Crippen LogP contribution in [0.2, 0.25) is 0 Å². The minimum Gasteiger partial charge on any atom is -0.357 e. The molecule has 2 amide bonds. The molecule has 0 aromatic heterocycles. The summed E-state index contributed by atoms with van der Waals surface area (Å²) in [5.41, 5.74) is 1.91. The summed E-state index contributed by atoms with van der Waals surface area (Å²) in [4.78, 5) is 24.4. The van der Waals surface area contributed by atoms with Gasteiger partial charge in [-0.25, -0.2) is 0 Å². The van der Waals surface area contributed by atoms with E-state index in [1.165, 1.54) is 0 Å². The van der Waals surface area contributed by atoms with Gasteiger partial charge in [-0.2, -0.15) is 0 Å². The maximum absolute atomic E-state index is 12.3. The van der Waals surface area contributed by atoms with Crippen LogP contribution >= 0.6 is 0 Å². The van der Waals surface area contributed by atoms with E-state index in [1.54, 1.807) is 13.1 Å². The highest BCUT2D eigenvalue weighted by Gasteiger charge is 2.20.